The Morgan fingerprint density at radius 2 is 0.660 bits per heavy atom. The van der Waals surface area contributed by atoms with Gasteiger partial charge in [0.15, 0.2) is 0 Å². The van der Waals surface area contributed by atoms with Crippen LogP contribution in [0.25, 0.3) is 98.4 Å². The Hall–Kier alpha value is -6.50. The minimum Gasteiger partial charge on any atom is -0.0622 e. The van der Waals surface area contributed by atoms with Gasteiger partial charge in [-0.05, 0) is 111 Å². The first-order valence-electron chi connectivity index (χ1n) is 17.3. The molecule has 0 saturated carbocycles. The topological polar surface area (TPSA) is 0 Å². The summed E-state index contributed by atoms with van der Waals surface area (Å²) in [4.78, 5) is 0. The second kappa shape index (κ2) is 11.6. The van der Waals surface area contributed by atoms with Crippen molar-refractivity contribution in [2.24, 2.45) is 0 Å². The SMILES string of the molecule is c1ccc(-c2c3ccccc3c(-c3ccc(-c4ccc(-c5cccc6c5ccc5cc7ccccc7cc56)cc4)cc3)c3ccccc23)cc1. The zero-order chi connectivity index (χ0) is 33.0. The van der Waals surface area contributed by atoms with Gasteiger partial charge >= 0.3 is 0 Å². The molecular formula is C50H32. The molecule has 0 spiro atoms. The fraction of sp³-hybridized carbons (Fsp3) is 0. The maximum absolute atomic E-state index is 2.34. The third kappa shape index (κ3) is 4.61. The average molecular weight is 633 g/mol. The van der Waals surface area contributed by atoms with Gasteiger partial charge in [-0.2, -0.15) is 0 Å². The molecule has 0 aliphatic carbocycles. The van der Waals surface area contributed by atoms with E-state index in [0.29, 0.717) is 0 Å². The van der Waals surface area contributed by atoms with Crippen molar-refractivity contribution < 1.29 is 0 Å². The van der Waals surface area contributed by atoms with E-state index in [-0.39, 0.29) is 0 Å². The Kier molecular flexibility index (Phi) is 6.60. The van der Waals surface area contributed by atoms with E-state index in [1.165, 1.54) is 98.4 Å². The highest BCUT2D eigenvalue weighted by molar-refractivity contribution is 6.21. The molecule has 0 unspecified atom stereocenters. The van der Waals surface area contributed by atoms with Crippen molar-refractivity contribution in [1.82, 2.24) is 0 Å². The molecule has 0 nitrogen and oxygen atoms in total. The molecule has 50 heavy (non-hydrogen) atoms. The van der Waals surface area contributed by atoms with Crippen LogP contribution >= 0.6 is 0 Å². The Bertz CT molecular complexity index is 2820. The fourth-order valence-electron chi connectivity index (χ4n) is 8.06. The third-order valence-electron chi connectivity index (χ3n) is 10.4. The number of hydrogen-bond donors (Lipinski definition) is 0. The number of fused-ring (bicyclic) bond motifs is 6. The fourth-order valence-corrected chi connectivity index (χ4v) is 8.06. The van der Waals surface area contributed by atoms with E-state index >= 15 is 0 Å². The summed E-state index contributed by atoms with van der Waals surface area (Å²) in [6.07, 6.45) is 0. The molecule has 0 heterocycles. The summed E-state index contributed by atoms with van der Waals surface area (Å²) in [5.74, 6) is 0. The van der Waals surface area contributed by atoms with Crippen molar-refractivity contribution in [2.75, 3.05) is 0 Å². The van der Waals surface area contributed by atoms with Gasteiger partial charge in [0.05, 0.1) is 0 Å². The average Bonchev–Trinajstić information content (AvgIpc) is 3.19. The van der Waals surface area contributed by atoms with E-state index in [9.17, 15) is 0 Å². The maximum atomic E-state index is 2.34. The highest BCUT2D eigenvalue weighted by Crippen LogP contribution is 2.44. The van der Waals surface area contributed by atoms with Crippen molar-refractivity contribution in [1.29, 1.82) is 0 Å². The summed E-state index contributed by atoms with van der Waals surface area (Å²) in [5, 5.41) is 12.8. The van der Waals surface area contributed by atoms with Crippen molar-refractivity contribution >= 4 is 53.9 Å². The minimum atomic E-state index is 1.21. The van der Waals surface area contributed by atoms with E-state index in [4.69, 9.17) is 0 Å². The zero-order valence-corrected chi connectivity index (χ0v) is 27.5. The van der Waals surface area contributed by atoms with Crippen molar-refractivity contribution in [2.45, 2.75) is 0 Å². The second-order valence-electron chi connectivity index (χ2n) is 13.2. The molecule has 0 radical (unpaired) electrons. The van der Waals surface area contributed by atoms with Crippen molar-refractivity contribution in [3.05, 3.63) is 194 Å². The molecule has 10 aromatic rings. The van der Waals surface area contributed by atoms with Crippen LogP contribution in [-0.2, 0) is 0 Å². The van der Waals surface area contributed by atoms with E-state index in [2.05, 4.69) is 194 Å². The summed E-state index contributed by atoms with van der Waals surface area (Å²) in [6.45, 7) is 0. The quantitative estimate of drug-likeness (QED) is 0.134. The molecule has 0 N–H and O–H groups in total. The molecule has 0 aliphatic heterocycles. The van der Waals surface area contributed by atoms with Crippen LogP contribution in [-0.4, -0.2) is 0 Å². The van der Waals surface area contributed by atoms with Crippen LogP contribution in [0.5, 0.6) is 0 Å². The lowest BCUT2D eigenvalue weighted by molar-refractivity contribution is 1.60. The number of hydrogen-bond acceptors (Lipinski definition) is 0. The highest BCUT2D eigenvalue weighted by atomic mass is 14.2. The predicted molar refractivity (Wildman–Crippen MR) is 216 cm³/mol. The van der Waals surface area contributed by atoms with Gasteiger partial charge in [0.25, 0.3) is 0 Å². The normalized spacial score (nSPS) is 11.6. The summed E-state index contributed by atoms with van der Waals surface area (Å²) in [6, 6.07) is 71.2. The first-order valence-corrected chi connectivity index (χ1v) is 17.3. The lowest BCUT2D eigenvalue weighted by Gasteiger charge is -2.18. The first kappa shape index (κ1) is 28.5. The lowest BCUT2D eigenvalue weighted by atomic mass is 9.85. The van der Waals surface area contributed by atoms with Gasteiger partial charge in [0, 0.05) is 0 Å². The molecule has 0 saturated heterocycles. The molecule has 232 valence electrons. The van der Waals surface area contributed by atoms with Gasteiger partial charge in [-0.25, -0.2) is 0 Å². The second-order valence-corrected chi connectivity index (χ2v) is 13.2. The van der Waals surface area contributed by atoms with Gasteiger partial charge < -0.3 is 0 Å². The van der Waals surface area contributed by atoms with Gasteiger partial charge in [-0.15, -0.1) is 0 Å². The molecule has 0 heteroatoms. The third-order valence-corrected chi connectivity index (χ3v) is 10.4. The van der Waals surface area contributed by atoms with Gasteiger partial charge in [-0.3, -0.25) is 0 Å². The van der Waals surface area contributed by atoms with Crippen LogP contribution < -0.4 is 0 Å². The molecule has 0 amide bonds. The van der Waals surface area contributed by atoms with Crippen molar-refractivity contribution in [3.8, 4) is 44.5 Å². The van der Waals surface area contributed by atoms with E-state index in [1.807, 2.05) is 0 Å². The molecule has 0 aliphatic rings. The molecule has 0 fully saturated rings. The lowest BCUT2D eigenvalue weighted by Crippen LogP contribution is -1.90. The summed E-state index contributed by atoms with van der Waals surface area (Å²) >= 11 is 0. The Morgan fingerprint density at radius 1 is 0.200 bits per heavy atom. The van der Waals surface area contributed by atoms with E-state index < -0.39 is 0 Å². The maximum Gasteiger partial charge on any atom is -0.00264 e. The molecule has 10 rings (SSSR count). The van der Waals surface area contributed by atoms with Crippen LogP contribution in [0.2, 0.25) is 0 Å². The summed E-state index contributed by atoms with van der Waals surface area (Å²) in [5.41, 5.74) is 9.98. The summed E-state index contributed by atoms with van der Waals surface area (Å²) < 4.78 is 0. The van der Waals surface area contributed by atoms with Crippen LogP contribution in [0.15, 0.2) is 194 Å². The first-order chi connectivity index (χ1) is 24.8. The Morgan fingerprint density at radius 3 is 1.26 bits per heavy atom. The number of rotatable bonds is 4. The smallest absolute Gasteiger partial charge is 0.00264 e. The Labute approximate surface area is 291 Å². The largest absolute Gasteiger partial charge is 0.0622 e. The highest BCUT2D eigenvalue weighted by Gasteiger charge is 2.16. The molecular weight excluding hydrogens is 601 g/mol. The van der Waals surface area contributed by atoms with E-state index in [0.717, 1.165) is 0 Å². The predicted octanol–water partition coefficient (Wildman–Crippen LogP) is 14.1. The van der Waals surface area contributed by atoms with Crippen LogP contribution in [0.4, 0.5) is 0 Å². The molecule has 0 bridgehead atoms. The molecule has 0 aromatic heterocycles. The Balaban J connectivity index is 1.03. The number of benzene rings is 10. The monoisotopic (exact) mass is 632 g/mol. The van der Waals surface area contributed by atoms with Crippen LogP contribution in [0, 0.1) is 0 Å². The molecule has 0 atom stereocenters. The zero-order valence-electron chi connectivity index (χ0n) is 27.5. The van der Waals surface area contributed by atoms with Crippen molar-refractivity contribution in [3.63, 3.8) is 0 Å². The molecule has 10 aromatic carbocycles. The summed E-state index contributed by atoms with van der Waals surface area (Å²) in [7, 11) is 0. The van der Waals surface area contributed by atoms with Gasteiger partial charge in [-0.1, -0.05) is 182 Å². The van der Waals surface area contributed by atoms with Gasteiger partial charge in [0.2, 0.25) is 0 Å². The van der Waals surface area contributed by atoms with Crippen LogP contribution in [0.1, 0.15) is 0 Å². The standard InChI is InChI=1S/C50H32/c1-2-11-36(12-3-1)49-44-15-6-8-17-46(44)50(47-18-9-7-16-45(47)49)37-27-23-34(24-28-37)33-21-25-35(26-22-33)41-19-10-20-42-43(41)30-29-40-31-38-13-4-5-14-39(38)32-48(40)42/h1-32H. The van der Waals surface area contributed by atoms with Crippen LogP contribution in [0.3, 0.4) is 0 Å². The van der Waals surface area contributed by atoms with Gasteiger partial charge in [0.1, 0.15) is 0 Å². The minimum absolute atomic E-state index is 1.21. The van der Waals surface area contributed by atoms with E-state index in [1.54, 1.807) is 0 Å².